The number of imidazole rings is 1. The van der Waals surface area contributed by atoms with E-state index in [-0.39, 0.29) is 18.5 Å². The molecule has 0 spiro atoms. The number of rotatable bonds is 4. The van der Waals surface area contributed by atoms with Crippen molar-refractivity contribution >= 4 is 11.6 Å². The minimum atomic E-state index is -0.121. The monoisotopic (exact) mass is 345 g/mol. The van der Waals surface area contributed by atoms with Crippen LogP contribution >= 0.6 is 0 Å². The summed E-state index contributed by atoms with van der Waals surface area (Å²) in [6.07, 6.45) is 7.48. The van der Waals surface area contributed by atoms with E-state index in [4.69, 9.17) is 0 Å². The number of pyridine rings is 1. The number of carbonyl (C=O) groups is 1. The number of nitrogens with zero attached hydrogens (tertiary/aromatic N) is 5. The summed E-state index contributed by atoms with van der Waals surface area (Å²) in [6, 6.07) is 13.7. The number of benzene rings is 1. The summed E-state index contributed by atoms with van der Waals surface area (Å²) in [5.74, 6) is -0.0674. The fourth-order valence-corrected chi connectivity index (χ4v) is 3.24. The van der Waals surface area contributed by atoms with E-state index in [1.807, 2.05) is 30.3 Å². The molecule has 2 aromatic heterocycles. The fourth-order valence-electron chi connectivity index (χ4n) is 3.24. The number of hydrazone groups is 1. The largest absolute Gasteiger partial charge is 0.328 e. The van der Waals surface area contributed by atoms with Gasteiger partial charge in [0.05, 0.1) is 23.8 Å². The Hall–Kier alpha value is -3.28. The molecule has 1 unspecified atom stereocenters. The van der Waals surface area contributed by atoms with Crippen molar-refractivity contribution in [3.05, 3.63) is 84.2 Å². The van der Waals surface area contributed by atoms with Crippen molar-refractivity contribution in [3.8, 4) is 0 Å². The third-order valence-electron chi connectivity index (χ3n) is 4.55. The Morgan fingerprint density at radius 1 is 1.15 bits per heavy atom. The predicted octanol–water partition coefficient (Wildman–Crippen LogP) is 2.96. The lowest BCUT2D eigenvalue weighted by Gasteiger charge is -2.23. The Morgan fingerprint density at radius 2 is 2.00 bits per heavy atom. The van der Waals surface area contributed by atoms with E-state index < -0.39 is 0 Å². The summed E-state index contributed by atoms with van der Waals surface area (Å²) in [6.45, 7) is 2.27. The van der Waals surface area contributed by atoms with Gasteiger partial charge in [0.15, 0.2) is 0 Å². The Morgan fingerprint density at radius 3 is 2.73 bits per heavy atom. The molecular weight excluding hydrogens is 326 g/mol. The van der Waals surface area contributed by atoms with Gasteiger partial charge in [0.1, 0.15) is 6.54 Å². The number of hydrogen-bond acceptors (Lipinski definition) is 4. The average Bonchev–Trinajstić information content (AvgIpc) is 3.32. The first-order valence-electron chi connectivity index (χ1n) is 8.54. The average molecular weight is 345 g/mol. The summed E-state index contributed by atoms with van der Waals surface area (Å²) < 4.78 is 1.76. The summed E-state index contributed by atoms with van der Waals surface area (Å²) >= 11 is 0. The molecule has 1 atom stereocenters. The molecule has 0 saturated carbocycles. The molecule has 0 saturated heterocycles. The van der Waals surface area contributed by atoms with Crippen molar-refractivity contribution in [2.75, 3.05) is 0 Å². The number of amides is 1. The van der Waals surface area contributed by atoms with Crippen molar-refractivity contribution in [2.24, 2.45) is 5.10 Å². The molecule has 0 fully saturated rings. The third-order valence-corrected chi connectivity index (χ3v) is 4.55. The molecule has 1 aliphatic rings. The number of aryl methyl sites for hydroxylation is 1. The van der Waals surface area contributed by atoms with E-state index in [9.17, 15) is 4.79 Å². The molecule has 6 heteroatoms. The van der Waals surface area contributed by atoms with Crippen molar-refractivity contribution in [1.29, 1.82) is 0 Å². The normalized spacial score (nSPS) is 16.6. The lowest BCUT2D eigenvalue weighted by molar-refractivity contribution is -0.133. The van der Waals surface area contributed by atoms with Crippen molar-refractivity contribution in [2.45, 2.75) is 25.9 Å². The maximum absolute atomic E-state index is 12.9. The second kappa shape index (κ2) is 6.92. The van der Waals surface area contributed by atoms with Crippen molar-refractivity contribution in [1.82, 2.24) is 19.5 Å². The summed E-state index contributed by atoms with van der Waals surface area (Å²) in [4.78, 5) is 21.3. The van der Waals surface area contributed by atoms with E-state index in [1.54, 1.807) is 34.5 Å². The fraction of sp³-hybridized carbons (Fsp3) is 0.200. The lowest BCUT2D eigenvalue weighted by atomic mass is 9.96. The van der Waals surface area contributed by atoms with E-state index >= 15 is 0 Å². The molecule has 0 radical (unpaired) electrons. The molecule has 1 aliphatic heterocycles. The van der Waals surface area contributed by atoms with E-state index in [0.717, 1.165) is 22.5 Å². The molecule has 4 rings (SSSR count). The van der Waals surface area contributed by atoms with Crippen LogP contribution in [0.1, 0.15) is 29.3 Å². The Balaban J connectivity index is 1.68. The molecule has 130 valence electrons. The Kier molecular flexibility index (Phi) is 4.31. The van der Waals surface area contributed by atoms with Crippen LogP contribution in [0.2, 0.25) is 0 Å². The van der Waals surface area contributed by atoms with Crippen molar-refractivity contribution in [3.63, 3.8) is 0 Å². The molecule has 3 heterocycles. The highest BCUT2D eigenvalue weighted by Crippen LogP contribution is 2.34. The summed E-state index contributed by atoms with van der Waals surface area (Å²) in [5, 5.41) is 6.25. The second-order valence-corrected chi connectivity index (χ2v) is 6.31. The highest BCUT2D eigenvalue weighted by Gasteiger charge is 2.34. The zero-order valence-corrected chi connectivity index (χ0v) is 14.5. The van der Waals surface area contributed by atoms with E-state index in [0.29, 0.717) is 6.42 Å². The Labute approximate surface area is 151 Å². The van der Waals surface area contributed by atoms with Gasteiger partial charge in [-0.2, -0.15) is 5.10 Å². The lowest BCUT2D eigenvalue weighted by Crippen LogP contribution is -2.30. The van der Waals surface area contributed by atoms with Crippen LogP contribution in [0.5, 0.6) is 0 Å². The molecule has 0 bridgehead atoms. The van der Waals surface area contributed by atoms with Gasteiger partial charge in [-0.05, 0) is 30.2 Å². The van der Waals surface area contributed by atoms with Gasteiger partial charge >= 0.3 is 0 Å². The smallest absolute Gasteiger partial charge is 0.263 e. The van der Waals surface area contributed by atoms with Crippen LogP contribution in [0.25, 0.3) is 0 Å². The molecule has 0 N–H and O–H groups in total. The van der Waals surface area contributed by atoms with Crippen LogP contribution in [0.3, 0.4) is 0 Å². The zero-order valence-electron chi connectivity index (χ0n) is 14.5. The molecule has 26 heavy (non-hydrogen) atoms. The first-order valence-corrected chi connectivity index (χ1v) is 8.54. The van der Waals surface area contributed by atoms with Gasteiger partial charge in [0.2, 0.25) is 0 Å². The molecule has 6 nitrogen and oxygen atoms in total. The van der Waals surface area contributed by atoms with Gasteiger partial charge < -0.3 is 4.57 Å². The Bertz CT molecular complexity index is 934. The standard InChI is InChI=1S/C20H19N5O/c1-15-6-2-3-7-16(15)19-12-18(17-8-4-5-9-22-17)23-25(19)20(26)13-24-11-10-21-14-24/h2-11,14,19H,12-13H2,1H3. The minimum Gasteiger partial charge on any atom is -0.328 e. The first-order chi connectivity index (χ1) is 12.7. The number of aromatic nitrogens is 3. The van der Waals surface area contributed by atoms with Gasteiger partial charge in [0.25, 0.3) is 5.91 Å². The third kappa shape index (κ3) is 3.13. The second-order valence-electron chi connectivity index (χ2n) is 6.31. The van der Waals surface area contributed by atoms with Gasteiger partial charge in [-0.25, -0.2) is 9.99 Å². The maximum Gasteiger partial charge on any atom is 0.263 e. The van der Waals surface area contributed by atoms with Gasteiger partial charge in [0, 0.05) is 25.0 Å². The zero-order chi connectivity index (χ0) is 17.9. The molecule has 0 aliphatic carbocycles. The van der Waals surface area contributed by atoms with Gasteiger partial charge in [-0.1, -0.05) is 30.3 Å². The molecule has 3 aromatic rings. The highest BCUT2D eigenvalue weighted by atomic mass is 16.2. The van der Waals surface area contributed by atoms with Crippen molar-refractivity contribution < 1.29 is 4.79 Å². The van der Waals surface area contributed by atoms with Crippen LogP contribution in [0, 0.1) is 6.92 Å². The highest BCUT2D eigenvalue weighted by molar-refractivity contribution is 6.01. The summed E-state index contributed by atoms with van der Waals surface area (Å²) in [5.41, 5.74) is 3.90. The topological polar surface area (TPSA) is 63.4 Å². The number of hydrogen-bond donors (Lipinski definition) is 0. The number of carbonyl (C=O) groups excluding carboxylic acids is 1. The SMILES string of the molecule is Cc1ccccc1C1CC(c2ccccn2)=NN1C(=O)Cn1ccnc1. The van der Waals surface area contributed by atoms with E-state index in [1.165, 1.54) is 0 Å². The van der Waals surface area contributed by atoms with Gasteiger partial charge in [-0.15, -0.1) is 0 Å². The van der Waals surface area contributed by atoms with Crippen LogP contribution in [0.4, 0.5) is 0 Å². The van der Waals surface area contributed by atoms with Crippen LogP contribution in [0.15, 0.2) is 72.5 Å². The molecular formula is C20H19N5O. The van der Waals surface area contributed by atoms with Crippen LogP contribution in [-0.2, 0) is 11.3 Å². The van der Waals surface area contributed by atoms with Crippen LogP contribution < -0.4 is 0 Å². The first kappa shape index (κ1) is 16.2. The minimum absolute atomic E-state index is 0.0674. The van der Waals surface area contributed by atoms with E-state index in [2.05, 4.69) is 34.1 Å². The quantitative estimate of drug-likeness (QED) is 0.730. The van der Waals surface area contributed by atoms with Gasteiger partial charge in [-0.3, -0.25) is 9.78 Å². The maximum atomic E-state index is 12.9. The predicted molar refractivity (Wildman–Crippen MR) is 98.4 cm³/mol. The summed E-state index contributed by atoms with van der Waals surface area (Å²) in [7, 11) is 0. The van der Waals surface area contributed by atoms with Crippen LogP contribution in [-0.4, -0.2) is 31.2 Å². The molecule has 1 aromatic carbocycles. The molecule has 1 amide bonds.